The van der Waals surface area contributed by atoms with Gasteiger partial charge in [-0.2, -0.15) is 0 Å². The lowest BCUT2D eigenvalue weighted by atomic mass is 9.71. The van der Waals surface area contributed by atoms with Gasteiger partial charge in [-0.15, -0.1) is 6.58 Å². The number of carbonyl (C=O) groups is 2. The normalized spacial score (nSPS) is 34.9. The topological polar surface area (TPSA) is 122 Å². The number of Topliss-reactive ketones (excluding diaryl/α,β-unsaturated/α-hetero) is 1. The molecule has 0 unspecified atom stereocenters. The number of aliphatic hydroxyl groups excluding tert-OH is 2. The zero-order chi connectivity index (χ0) is 27.8. The highest BCUT2D eigenvalue weighted by Gasteiger charge is 2.53. The number of aromatic nitrogens is 1. The lowest BCUT2D eigenvalue weighted by Gasteiger charge is -2.35. The van der Waals surface area contributed by atoms with Crippen molar-refractivity contribution in [3.63, 3.8) is 0 Å². The maximum atomic E-state index is 13.6. The molecular formula is C30H41NO7. The monoisotopic (exact) mass is 527 g/mol. The van der Waals surface area contributed by atoms with E-state index in [-0.39, 0.29) is 29.8 Å². The number of aryl methyl sites for hydroxylation is 1. The minimum atomic E-state index is -1.28. The van der Waals surface area contributed by atoms with E-state index in [1.165, 1.54) is 0 Å². The smallest absolute Gasteiger partial charge is 0.309 e. The van der Waals surface area contributed by atoms with Crippen molar-refractivity contribution in [3.8, 4) is 0 Å². The molecule has 2 aliphatic rings. The lowest BCUT2D eigenvalue weighted by molar-refractivity contribution is -0.156. The molecule has 8 nitrogen and oxygen atoms in total. The third-order valence-electron chi connectivity index (χ3n) is 8.54. The fourth-order valence-corrected chi connectivity index (χ4v) is 5.70. The Morgan fingerprint density at radius 3 is 2.66 bits per heavy atom. The minimum Gasteiger partial charge on any atom is -0.457 e. The van der Waals surface area contributed by atoms with Crippen LogP contribution in [0.2, 0.25) is 0 Å². The van der Waals surface area contributed by atoms with Gasteiger partial charge in [0.2, 0.25) is 0 Å². The van der Waals surface area contributed by atoms with Crippen molar-refractivity contribution in [2.75, 3.05) is 0 Å². The average molecular weight is 528 g/mol. The molecule has 38 heavy (non-hydrogen) atoms. The van der Waals surface area contributed by atoms with Gasteiger partial charge < -0.3 is 24.1 Å². The van der Waals surface area contributed by atoms with Gasteiger partial charge in [-0.3, -0.25) is 9.59 Å². The number of fused-ring (bicyclic) bond motifs is 2. The number of epoxide rings is 1. The van der Waals surface area contributed by atoms with E-state index in [1.54, 1.807) is 26.8 Å². The van der Waals surface area contributed by atoms with E-state index >= 15 is 0 Å². The Morgan fingerprint density at radius 2 is 1.95 bits per heavy atom. The third-order valence-corrected chi connectivity index (χ3v) is 8.54. The first kappa shape index (κ1) is 28.5. The number of aliphatic hydroxyl groups is 2. The van der Waals surface area contributed by atoms with Crippen LogP contribution in [0.1, 0.15) is 83.8 Å². The van der Waals surface area contributed by atoms with E-state index < -0.39 is 35.6 Å². The number of esters is 1. The predicted molar refractivity (Wildman–Crippen MR) is 142 cm³/mol. The fraction of sp³-hybridized carbons (Fsp3) is 0.633. The van der Waals surface area contributed by atoms with Crippen LogP contribution >= 0.6 is 0 Å². The van der Waals surface area contributed by atoms with Gasteiger partial charge in [-0.25, -0.2) is 4.98 Å². The first-order valence-corrected chi connectivity index (χ1v) is 13.6. The summed E-state index contributed by atoms with van der Waals surface area (Å²) in [5.74, 6) is -1.19. The predicted octanol–water partition coefficient (Wildman–Crippen LogP) is 4.99. The Balaban J connectivity index is 1.63. The first-order chi connectivity index (χ1) is 17.9. The number of ketones is 1. The van der Waals surface area contributed by atoms with Crippen molar-refractivity contribution in [2.45, 2.75) is 103 Å². The van der Waals surface area contributed by atoms with Gasteiger partial charge >= 0.3 is 5.97 Å². The molecule has 0 spiro atoms. The molecule has 0 saturated carbocycles. The average Bonchev–Trinajstić information content (AvgIpc) is 3.32. The Kier molecular flexibility index (Phi) is 8.17. The highest BCUT2D eigenvalue weighted by Crippen LogP contribution is 2.47. The number of hydrogen-bond donors (Lipinski definition) is 2. The summed E-state index contributed by atoms with van der Waals surface area (Å²) in [7, 11) is 0. The van der Waals surface area contributed by atoms with Crippen molar-refractivity contribution in [2.24, 2.45) is 17.3 Å². The fourth-order valence-electron chi connectivity index (χ4n) is 5.70. The summed E-state index contributed by atoms with van der Waals surface area (Å²) < 4.78 is 17.6. The molecule has 2 aromatic rings. The summed E-state index contributed by atoms with van der Waals surface area (Å²) in [6, 6.07) is 5.53. The Morgan fingerprint density at radius 1 is 1.21 bits per heavy atom. The maximum Gasteiger partial charge on any atom is 0.309 e. The number of allylic oxidation sites excluding steroid dienone is 1. The van der Waals surface area contributed by atoms with Crippen LogP contribution in [-0.2, 0) is 19.1 Å². The number of benzene rings is 1. The molecule has 0 aliphatic carbocycles. The molecule has 208 valence electrons. The van der Waals surface area contributed by atoms with Crippen LogP contribution in [0.3, 0.4) is 0 Å². The summed E-state index contributed by atoms with van der Waals surface area (Å²) in [5.41, 5.74) is 0.481. The minimum absolute atomic E-state index is 0.0976. The van der Waals surface area contributed by atoms with E-state index in [2.05, 4.69) is 18.5 Å². The van der Waals surface area contributed by atoms with Crippen molar-refractivity contribution in [1.29, 1.82) is 0 Å². The lowest BCUT2D eigenvalue weighted by Crippen LogP contribution is -2.46. The molecule has 2 N–H and O–H groups in total. The summed E-state index contributed by atoms with van der Waals surface area (Å²) in [6.07, 6.45) is 1.50. The van der Waals surface area contributed by atoms with Gasteiger partial charge in [-0.1, -0.05) is 39.3 Å². The van der Waals surface area contributed by atoms with E-state index in [0.29, 0.717) is 29.8 Å². The van der Waals surface area contributed by atoms with Crippen molar-refractivity contribution in [3.05, 3.63) is 42.3 Å². The quantitative estimate of drug-likeness (QED) is 0.325. The zero-order valence-electron chi connectivity index (χ0n) is 23.1. The number of ether oxygens (including phenoxy) is 2. The molecule has 8 heteroatoms. The van der Waals surface area contributed by atoms with E-state index in [4.69, 9.17) is 13.9 Å². The van der Waals surface area contributed by atoms with Gasteiger partial charge in [0.25, 0.3) is 0 Å². The molecule has 4 rings (SSSR count). The van der Waals surface area contributed by atoms with Gasteiger partial charge in [0, 0.05) is 19.3 Å². The van der Waals surface area contributed by atoms with Crippen LogP contribution in [0.25, 0.3) is 11.1 Å². The number of cyclic esters (lactones) is 1. The third kappa shape index (κ3) is 5.87. The van der Waals surface area contributed by atoms with Crippen molar-refractivity contribution in [1.82, 2.24) is 4.98 Å². The van der Waals surface area contributed by atoms with Crippen molar-refractivity contribution < 1.29 is 33.7 Å². The summed E-state index contributed by atoms with van der Waals surface area (Å²) in [6.45, 7) is 12.8. The first-order valence-electron chi connectivity index (χ1n) is 13.6. The number of hydrogen-bond acceptors (Lipinski definition) is 8. The molecule has 7 atom stereocenters. The molecule has 0 radical (unpaired) electrons. The number of nitrogens with zero attached hydrogens (tertiary/aromatic N) is 1. The molecule has 0 bridgehead atoms. The van der Waals surface area contributed by atoms with Crippen LogP contribution in [0, 0.1) is 24.2 Å². The van der Waals surface area contributed by atoms with Crippen LogP contribution in [0.15, 0.2) is 35.3 Å². The Hall–Kier alpha value is -2.55. The zero-order valence-corrected chi connectivity index (χ0v) is 23.1. The van der Waals surface area contributed by atoms with Gasteiger partial charge in [0.05, 0.1) is 35.7 Å². The van der Waals surface area contributed by atoms with Gasteiger partial charge in [0.15, 0.2) is 11.5 Å². The highest BCUT2D eigenvalue weighted by molar-refractivity contribution is 5.88. The van der Waals surface area contributed by atoms with Crippen LogP contribution in [0.5, 0.6) is 0 Å². The molecule has 2 aliphatic heterocycles. The van der Waals surface area contributed by atoms with Crippen LogP contribution < -0.4 is 0 Å². The van der Waals surface area contributed by atoms with E-state index in [9.17, 15) is 19.8 Å². The second-order valence-corrected chi connectivity index (χ2v) is 11.9. The van der Waals surface area contributed by atoms with Crippen LogP contribution in [0.4, 0.5) is 0 Å². The molecule has 3 heterocycles. The highest BCUT2D eigenvalue weighted by atomic mass is 16.6. The molecule has 2 saturated heterocycles. The summed E-state index contributed by atoms with van der Waals surface area (Å²) in [5, 5.41) is 22.2. The summed E-state index contributed by atoms with van der Waals surface area (Å²) in [4.78, 5) is 31.1. The SMILES string of the molecule is C=CC[C@H]1C(=O)C(C)(C)[C@@H](O)CC(=O)O[C@H](c2ccc3oc(C)nc3c2)C[C@@H]2O[C@@]2(C)CCC[C@H](C)[C@H]1O. The molecule has 2 fully saturated rings. The van der Waals surface area contributed by atoms with E-state index in [0.717, 1.165) is 24.8 Å². The Bertz CT molecular complexity index is 1190. The maximum absolute atomic E-state index is 13.6. The Labute approximate surface area is 224 Å². The number of rotatable bonds is 3. The number of oxazole rings is 1. The number of carbonyl (C=O) groups excluding carboxylic acids is 2. The summed E-state index contributed by atoms with van der Waals surface area (Å²) >= 11 is 0. The molecule has 1 aromatic heterocycles. The van der Waals surface area contributed by atoms with Crippen LogP contribution in [-0.4, -0.2) is 50.9 Å². The second kappa shape index (κ2) is 10.9. The molecular weight excluding hydrogens is 486 g/mol. The molecule has 1 aromatic carbocycles. The second-order valence-electron chi connectivity index (χ2n) is 11.9. The van der Waals surface area contributed by atoms with E-state index in [1.807, 2.05) is 25.1 Å². The largest absolute Gasteiger partial charge is 0.457 e. The standard InChI is InChI=1S/C30H41NO7/c1-7-9-20-27(34)17(2)10-8-13-30(6)25(38-30)15-23(19-11-12-22-21(14-19)31-18(3)36-22)37-26(33)16-24(32)29(4,5)28(20)35/h7,11-12,14,17,20,23-25,27,32,34H,1,8-10,13,15-16H2,2-6H3/t17-,20+,23-,24-,25-,27+,30-/m0/s1. The molecule has 0 amide bonds. The van der Waals surface area contributed by atoms with Gasteiger partial charge in [0.1, 0.15) is 17.4 Å². The van der Waals surface area contributed by atoms with Crippen molar-refractivity contribution >= 4 is 22.9 Å². The van der Waals surface area contributed by atoms with Gasteiger partial charge in [-0.05, 0) is 49.8 Å².